The second-order valence-electron chi connectivity index (χ2n) is 16.8. The Balaban J connectivity index is 4.40. The van der Waals surface area contributed by atoms with E-state index in [1.165, 1.54) is 103 Å². The van der Waals surface area contributed by atoms with Crippen LogP contribution in [0.2, 0.25) is 0 Å². The predicted octanol–water partition coefficient (Wildman–Crippen LogP) is 12.8. The lowest BCUT2D eigenvalue weighted by atomic mass is 10.1. The molecule has 0 N–H and O–H groups in total. The zero-order valence-corrected chi connectivity index (χ0v) is 38.9. The van der Waals surface area contributed by atoms with Crippen molar-refractivity contribution in [2.24, 2.45) is 0 Å². The lowest BCUT2D eigenvalue weighted by molar-refractivity contribution is -0.870. The largest absolute Gasteiger partial charge is 0.756 e. The Morgan fingerprint density at radius 2 is 0.948 bits per heavy atom. The van der Waals surface area contributed by atoms with Crippen LogP contribution in [0.4, 0.5) is 0 Å². The highest BCUT2D eigenvalue weighted by atomic mass is 31.2. The summed E-state index contributed by atoms with van der Waals surface area (Å²) in [5.41, 5.74) is 0. The molecule has 2 atom stereocenters. The Kier molecular flexibility index (Phi) is 39.0. The van der Waals surface area contributed by atoms with Gasteiger partial charge in [-0.15, -0.1) is 0 Å². The molecule has 0 amide bonds. The summed E-state index contributed by atoms with van der Waals surface area (Å²) in [5.74, 6) is -0.896. The van der Waals surface area contributed by atoms with Crippen molar-refractivity contribution in [3.63, 3.8) is 0 Å². The number of quaternary nitrogens is 1. The third-order valence-corrected chi connectivity index (χ3v) is 10.8. The van der Waals surface area contributed by atoms with Crippen molar-refractivity contribution < 1.29 is 42.1 Å². The van der Waals surface area contributed by atoms with Gasteiger partial charge in [-0.25, -0.2) is 0 Å². The summed E-state index contributed by atoms with van der Waals surface area (Å²) in [6.45, 7) is 4.15. The van der Waals surface area contributed by atoms with Gasteiger partial charge in [-0.3, -0.25) is 14.2 Å². The minimum Gasteiger partial charge on any atom is -0.756 e. The number of likely N-dealkylation sites (N-methyl/N-ethyl adjacent to an activating group) is 1. The van der Waals surface area contributed by atoms with Crippen LogP contribution in [0.5, 0.6) is 0 Å². The zero-order valence-electron chi connectivity index (χ0n) is 38.0. The molecule has 0 rings (SSSR count). The zero-order chi connectivity index (χ0) is 42.8. The number of nitrogens with zero attached hydrogens (tertiary/aromatic N) is 1. The highest BCUT2D eigenvalue weighted by Gasteiger charge is 2.21. The van der Waals surface area contributed by atoms with Gasteiger partial charge in [0.2, 0.25) is 0 Å². The number of carbonyl (C=O) groups excluding carboxylic acids is 2. The average Bonchev–Trinajstić information content (AvgIpc) is 3.17. The molecule has 338 valence electrons. The minimum absolute atomic E-state index is 0.0397. The van der Waals surface area contributed by atoms with Crippen molar-refractivity contribution in [1.82, 2.24) is 0 Å². The Bertz CT molecular complexity index is 1130. The number of unbranched alkanes of at least 4 members (excludes halogenated alkanes) is 20. The van der Waals surface area contributed by atoms with Gasteiger partial charge in [0.05, 0.1) is 27.7 Å². The maximum atomic E-state index is 12.7. The summed E-state index contributed by atoms with van der Waals surface area (Å²) in [7, 11) is 1.14. The van der Waals surface area contributed by atoms with Crippen LogP contribution in [0, 0.1) is 0 Å². The van der Waals surface area contributed by atoms with Gasteiger partial charge < -0.3 is 27.9 Å². The number of rotatable bonds is 42. The topological polar surface area (TPSA) is 111 Å². The molecule has 0 aliphatic heterocycles. The first kappa shape index (κ1) is 56.0. The molecule has 0 aromatic heterocycles. The molecule has 1 unspecified atom stereocenters. The molecule has 0 bridgehead atoms. The number of carbonyl (C=O) groups is 2. The molecule has 0 aliphatic carbocycles. The van der Waals surface area contributed by atoms with E-state index in [2.05, 4.69) is 62.5 Å². The second kappa shape index (κ2) is 40.4. The standard InChI is InChI=1S/C48H88NO8P/c1-6-8-10-12-14-16-18-20-22-24-26-28-30-32-34-36-38-40-47(50)54-44-46(45-56-58(52,53)55-43-42-49(3,4)5)57-48(51)41-39-37-35-33-31-29-27-25-23-21-19-17-15-13-11-9-7-2/h15,17,21,23,26,28,32,34,46H,6-14,16,18-20,22,24-25,27,29-31,33,35-45H2,1-5H3/b17-15+,23-21+,28-26+,34-32+/t46-/m1/s1. The summed E-state index contributed by atoms with van der Waals surface area (Å²) in [5, 5.41) is 0. The van der Waals surface area contributed by atoms with Crippen LogP contribution in [0.1, 0.15) is 194 Å². The molecular weight excluding hydrogens is 750 g/mol. The monoisotopic (exact) mass is 838 g/mol. The van der Waals surface area contributed by atoms with Gasteiger partial charge in [-0.05, 0) is 70.6 Å². The fraction of sp³-hybridized carbons (Fsp3) is 0.792. The average molecular weight is 838 g/mol. The van der Waals surface area contributed by atoms with Crippen molar-refractivity contribution in [2.45, 2.75) is 200 Å². The van der Waals surface area contributed by atoms with E-state index in [4.69, 9.17) is 18.5 Å². The van der Waals surface area contributed by atoms with Gasteiger partial charge >= 0.3 is 11.9 Å². The summed E-state index contributed by atoms with van der Waals surface area (Å²) in [6.07, 6.45) is 47.1. The maximum Gasteiger partial charge on any atom is 0.306 e. The molecule has 0 radical (unpaired) electrons. The van der Waals surface area contributed by atoms with E-state index >= 15 is 0 Å². The number of allylic oxidation sites excluding steroid dienone is 8. The van der Waals surface area contributed by atoms with Crippen LogP contribution < -0.4 is 4.89 Å². The quantitative estimate of drug-likeness (QED) is 0.0196. The Morgan fingerprint density at radius 1 is 0.534 bits per heavy atom. The number of esters is 2. The molecule has 0 aromatic rings. The molecule has 0 fully saturated rings. The third kappa shape index (κ3) is 43.5. The number of phosphoric acid groups is 1. The van der Waals surface area contributed by atoms with Crippen LogP contribution in [0.3, 0.4) is 0 Å². The normalized spacial score (nSPS) is 14.0. The summed E-state index contributed by atoms with van der Waals surface area (Å²) in [6, 6.07) is 0. The highest BCUT2D eigenvalue weighted by Crippen LogP contribution is 2.38. The number of hydrogen-bond donors (Lipinski definition) is 0. The molecule has 0 aromatic carbocycles. The lowest BCUT2D eigenvalue weighted by Crippen LogP contribution is -2.37. The van der Waals surface area contributed by atoms with Gasteiger partial charge in [0.25, 0.3) is 7.82 Å². The predicted molar refractivity (Wildman–Crippen MR) is 240 cm³/mol. The van der Waals surface area contributed by atoms with Gasteiger partial charge in [0.15, 0.2) is 6.10 Å². The smallest absolute Gasteiger partial charge is 0.306 e. The van der Waals surface area contributed by atoms with Crippen molar-refractivity contribution in [1.29, 1.82) is 0 Å². The van der Waals surface area contributed by atoms with E-state index in [1.54, 1.807) is 0 Å². The Labute approximate surface area is 356 Å². The molecule has 0 heterocycles. The van der Waals surface area contributed by atoms with Crippen molar-refractivity contribution in [3.8, 4) is 0 Å². The minimum atomic E-state index is -4.64. The first-order valence-electron chi connectivity index (χ1n) is 23.3. The van der Waals surface area contributed by atoms with E-state index in [0.717, 1.165) is 51.4 Å². The van der Waals surface area contributed by atoms with Crippen molar-refractivity contribution >= 4 is 19.8 Å². The van der Waals surface area contributed by atoms with E-state index in [9.17, 15) is 19.0 Å². The number of hydrogen-bond acceptors (Lipinski definition) is 8. The molecule has 58 heavy (non-hydrogen) atoms. The van der Waals surface area contributed by atoms with Crippen LogP contribution >= 0.6 is 7.82 Å². The molecule has 9 nitrogen and oxygen atoms in total. The molecule has 0 saturated heterocycles. The fourth-order valence-corrected chi connectivity index (χ4v) is 6.86. The molecular formula is C48H88NO8P. The Hall–Kier alpha value is -2.03. The molecule has 0 saturated carbocycles. The SMILES string of the molecule is CCCCC/C=C/C/C=C/CCCCCCCCCC(=O)O[C@H](COC(=O)CCC/C=C/C/C=C/CCCCCCCCCCC)COP(=O)([O-])OCC[N+](C)(C)C. The lowest BCUT2D eigenvalue weighted by Gasteiger charge is -2.28. The molecule has 10 heteroatoms. The van der Waals surface area contributed by atoms with Crippen molar-refractivity contribution in [3.05, 3.63) is 48.6 Å². The van der Waals surface area contributed by atoms with Gasteiger partial charge in [0, 0.05) is 12.8 Å². The van der Waals surface area contributed by atoms with Gasteiger partial charge in [-0.1, -0.05) is 159 Å². The third-order valence-electron chi connectivity index (χ3n) is 9.82. The summed E-state index contributed by atoms with van der Waals surface area (Å²) < 4.78 is 33.9. The second-order valence-corrected chi connectivity index (χ2v) is 18.2. The maximum absolute atomic E-state index is 12.7. The van der Waals surface area contributed by atoms with Gasteiger partial charge in [0.1, 0.15) is 19.8 Å². The van der Waals surface area contributed by atoms with E-state index in [0.29, 0.717) is 23.9 Å². The Morgan fingerprint density at radius 3 is 1.45 bits per heavy atom. The van der Waals surface area contributed by atoms with E-state index in [1.807, 2.05) is 21.1 Å². The highest BCUT2D eigenvalue weighted by molar-refractivity contribution is 7.45. The summed E-state index contributed by atoms with van der Waals surface area (Å²) in [4.78, 5) is 37.6. The molecule has 0 aliphatic rings. The number of ether oxygens (including phenoxy) is 2. The van der Waals surface area contributed by atoms with E-state index in [-0.39, 0.29) is 26.1 Å². The van der Waals surface area contributed by atoms with Crippen molar-refractivity contribution in [2.75, 3.05) is 47.5 Å². The van der Waals surface area contributed by atoms with Crippen LogP contribution in [0.15, 0.2) is 48.6 Å². The van der Waals surface area contributed by atoms with Crippen LogP contribution in [-0.2, 0) is 32.7 Å². The molecule has 0 spiro atoms. The fourth-order valence-electron chi connectivity index (χ4n) is 6.14. The van der Waals surface area contributed by atoms with Crippen LogP contribution in [-0.4, -0.2) is 70.0 Å². The van der Waals surface area contributed by atoms with E-state index < -0.39 is 32.5 Å². The number of phosphoric ester groups is 1. The first-order chi connectivity index (χ1) is 28.0. The first-order valence-corrected chi connectivity index (χ1v) is 24.8. The summed E-state index contributed by atoms with van der Waals surface area (Å²) >= 11 is 0. The van der Waals surface area contributed by atoms with Crippen LogP contribution in [0.25, 0.3) is 0 Å². The van der Waals surface area contributed by atoms with Gasteiger partial charge in [-0.2, -0.15) is 0 Å².